The first-order valence-electron chi connectivity index (χ1n) is 10.1. The molecule has 156 valence electrons. The number of nitrogens with zero attached hydrogens (tertiary/aromatic N) is 5. The predicted molar refractivity (Wildman–Crippen MR) is 120 cm³/mol. The molecule has 0 saturated carbocycles. The molecule has 31 heavy (non-hydrogen) atoms. The van der Waals surface area contributed by atoms with Gasteiger partial charge >= 0.3 is 0 Å². The van der Waals surface area contributed by atoms with Crippen molar-refractivity contribution in [2.45, 2.75) is 0 Å². The van der Waals surface area contributed by atoms with Gasteiger partial charge in [-0.3, -0.25) is 4.99 Å². The number of aromatic nitrogens is 3. The summed E-state index contributed by atoms with van der Waals surface area (Å²) in [5.74, 6) is 0.428. The van der Waals surface area contributed by atoms with E-state index >= 15 is 0 Å². The van der Waals surface area contributed by atoms with E-state index in [-0.39, 0.29) is 11.7 Å². The number of H-pyrrole nitrogens is 1. The number of hydrogen-bond acceptors (Lipinski definition) is 6. The van der Waals surface area contributed by atoms with E-state index in [2.05, 4.69) is 24.8 Å². The van der Waals surface area contributed by atoms with Crippen molar-refractivity contribution in [3.05, 3.63) is 72.3 Å². The van der Waals surface area contributed by atoms with Gasteiger partial charge in [0.05, 0.1) is 16.9 Å². The number of benzene rings is 2. The fourth-order valence-electron chi connectivity index (χ4n) is 3.85. The molecule has 0 amide bonds. The Labute approximate surface area is 178 Å². The number of aromatic amines is 1. The van der Waals surface area contributed by atoms with Crippen molar-refractivity contribution in [3.8, 4) is 5.88 Å². The van der Waals surface area contributed by atoms with Gasteiger partial charge in [-0.05, 0) is 24.3 Å². The van der Waals surface area contributed by atoms with Crippen molar-refractivity contribution in [2.75, 3.05) is 36.0 Å². The lowest BCUT2D eigenvalue weighted by atomic mass is 10.2. The molecule has 4 aromatic rings. The Kier molecular flexibility index (Phi) is 4.95. The van der Waals surface area contributed by atoms with Crippen LogP contribution in [0.2, 0.25) is 0 Å². The van der Waals surface area contributed by atoms with E-state index in [4.69, 9.17) is 0 Å². The molecule has 2 aromatic heterocycles. The minimum atomic E-state index is -0.317. The van der Waals surface area contributed by atoms with Crippen LogP contribution in [0.4, 0.5) is 21.7 Å². The largest absolute Gasteiger partial charge is 0.494 e. The summed E-state index contributed by atoms with van der Waals surface area (Å²) in [7, 11) is 0. The summed E-state index contributed by atoms with van der Waals surface area (Å²) in [5, 5.41) is 11.0. The van der Waals surface area contributed by atoms with Crippen LogP contribution in [0, 0.1) is 5.82 Å². The van der Waals surface area contributed by atoms with Gasteiger partial charge in [-0.25, -0.2) is 14.4 Å². The van der Waals surface area contributed by atoms with E-state index in [9.17, 15) is 9.50 Å². The van der Waals surface area contributed by atoms with Crippen LogP contribution in [-0.4, -0.2) is 52.5 Å². The summed E-state index contributed by atoms with van der Waals surface area (Å²) in [5.41, 5.74) is 2.45. The molecule has 0 bridgehead atoms. The summed E-state index contributed by atoms with van der Waals surface area (Å²) < 4.78 is 14.8. The van der Waals surface area contributed by atoms with Crippen molar-refractivity contribution < 1.29 is 9.50 Å². The van der Waals surface area contributed by atoms with Gasteiger partial charge in [0, 0.05) is 61.8 Å². The molecule has 1 saturated heterocycles. The molecule has 2 N–H and O–H groups in total. The zero-order chi connectivity index (χ0) is 21.2. The Balaban J connectivity index is 1.30. The second-order valence-electron chi connectivity index (χ2n) is 7.35. The van der Waals surface area contributed by atoms with Crippen molar-refractivity contribution in [1.29, 1.82) is 0 Å². The fourth-order valence-corrected chi connectivity index (χ4v) is 3.85. The van der Waals surface area contributed by atoms with E-state index in [1.54, 1.807) is 36.8 Å². The van der Waals surface area contributed by atoms with Crippen molar-refractivity contribution in [2.24, 2.45) is 4.99 Å². The lowest BCUT2D eigenvalue weighted by molar-refractivity contribution is 0.457. The Hall–Kier alpha value is -3.94. The zero-order valence-corrected chi connectivity index (χ0v) is 16.7. The van der Waals surface area contributed by atoms with Crippen LogP contribution in [0.25, 0.3) is 10.9 Å². The van der Waals surface area contributed by atoms with Crippen LogP contribution in [0.5, 0.6) is 5.88 Å². The van der Waals surface area contributed by atoms with Crippen molar-refractivity contribution in [3.63, 3.8) is 0 Å². The maximum absolute atomic E-state index is 14.8. The molecule has 0 aliphatic carbocycles. The molecule has 1 aliphatic heterocycles. The van der Waals surface area contributed by atoms with E-state index in [1.807, 2.05) is 29.2 Å². The topological polar surface area (TPSA) is 80.6 Å². The summed E-state index contributed by atoms with van der Waals surface area (Å²) in [4.78, 5) is 20.0. The average molecular weight is 416 g/mol. The first-order chi connectivity index (χ1) is 15.2. The number of fused-ring (bicyclic) bond motifs is 1. The third-order valence-electron chi connectivity index (χ3n) is 5.45. The maximum Gasteiger partial charge on any atom is 0.225 e. The van der Waals surface area contributed by atoms with Crippen LogP contribution in [-0.2, 0) is 0 Å². The summed E-state index contributed by atoms with van der Waals surface area (Å²) >= 11 is 0. The number of nitrogens with one attached hydrogen (secondary N) is 1. The average Bonchev–Trinajstić information content (AvgIpc) is 3.13. The molecule has 0 spiro atoms. The highest BCUT2D eigenvalue weighted by molar-refractivity contribution is 6.02. The van der Waals surface area contributed by atoms with Gasteiger partial charge < -0.3 is 19.9 Å². The molecule has 2 aromatic carbocycles. The SMILES string of the molecule is Oc1[nH]c2ccccc2c1C=Nc1ccc(N2CCN(c3ncccn3)CC2)c(F)c1. The highest BCUT2D eigenvalue weighted by Gasteiger charge is 2.21. The molecule has 0 unspecified atom stereocenters. The molecule has 7 nitrogen and oxygen atoms in total. The van der Waals surface area contributed by atoms with Crippen LogP contribution < -0.4 is 9.80 Å². The van der Waals surface area contributed by atoms with Crippen molar-refractivity contribution >= 4 is 34.4 Å². The molecule has 8 heteroatoms. The molecular weight excluding hydrogens is 395 g/mol. The lowest BCUT2D eigenvalue weighted by Gasteiger charge is -2.36. The van der Waals surface area contributed by atoms with E-state index in [1.165, 1.54) is 6.07 Å². The van der Waals surface area contributed by atoms with Crippen LogP contribution in [0.15, 0.2) is 65.9 Å². The number of para-hydroxylation sites is 1. The van der Waals surface area contributed by atoms with Gasteiger partial charge in [-0.2, -0.15) is 0 Å². The first kappa shape index (κ1) is 19.0. The summed E-state index contributed by atoms with van der Waals surface area (Å²) in [6, 6.07) is 14.3. The Morgan fingerprint density at radius 2 is 1.71 bits per heavy atom. The summed E-state index contributed by atoms with van der Waals surface area (Å²) in [6.07, 6.45) is 5.01. The summed E-state index contributed by atoms with van der Waals surface area (Å²) in [6.45, 7) is 2.81. The Morgan fingerprint density at radius 3 is 2.48 bits per heavy atom. The third-order valence-corrected chi connectivity index (χ3v) is 5.45. The number of aliphatic imine (C=N–C) groups is 1. The van der Waals surface area contributed by atoms with Gasteiger partial charge in [0.2, 0.25) is 5.95 Å². The third kappa shape index (κ3) is 3.79. The van der Waals surface area contributed by atoms with Crippen molar-refractivity contribution in [1.82, 2.24) is 15.0 Å². The first-order valence-corrected chi connectivity index (χ1v) is 10.1. The van der Waals surface area contributed by atoms with Crippen LogP contribution in [0.1, 0.15) is 5.56 Å². The monoisotopic (exact) mass is 416 g/mol. The molecule has 5 rings (SSSR count). The van der Waals surface area contributed by atoms with Gasteiger partial charge in [-0.1, -0.05) is 18.2 Å². The number of hydrogen-bond donors (Lipinski definition) is 2. The highest BCUT2D eigenvalue weighted by atomic mass is 19.1. The van der Waals surface area contributed by atoms with Crippen LogP contribution in [0.3, 0.4) is 0 Å². The van der Waals surface area contributed by atoms with Gasteiger partial charge in [-0.15, -0.1) is 0 Å². The number of aromatic hydroxyl groups is 1. The standard InChI is InChI=1S/C23H21FN6O/c24-19-14-16(27-15-18-17-4-1-2-5-20(17)28-22(18)31)6-7-21(19)29-10-12-30(13-11-29)23-25-8-3-9-26-23/h1-9,14-15,28,31H,10-13H2. The molecule has 0 radical (unpaired) electrons. The zero-order valence-electron chi connectivity index (χ0n) is 16.7. The Morgan fingerprint density at radius 1 is 0.968 bits per heavy atom. The van der Waals surface area contributed by atoms with Gasteiger partial charge in [0.1, 0.15) is 5.82 Å². The maximum atomic E-state index is 14.8. The number of halogens is 1. The normalized spacial score (nSPS) is 14.6. The van der Waals surface area contributed by atoms with Crippen LogP contribution >= 0.6 is 0 Å². The number of anilines is 2. The van der Waals surface area contributed by atoms with E-state index < -0.39 is 0 Å². The highest BCUT2D eigenvalue weighted by Crippen LogP contribution is 2.28. The minimum absolute atomic E-state index is 0.0438. The van der Waals surface area contributed by atoms with E-state index in [0.717, 1.165) is 24.0 Å². The Bertz CT molecular complexity index is 1230. The predicted octanol–water partition coefficient (Wildman–Crippen LogP) is 3.88. The molecule has 0 atom stereocenters. The quantitative estimate of drug-likeness (QED) is 0.494. The number of piperazine rings is 1. The molecule has 1 fully saturated rings. The number of rotatable bonds is 4. The molecular formula is C23H21FN6O. The minimum Gasteiger partial charge on any atom is -0.494 e. The second kappa shape index (κ2) is 8.06. The molecule has 3 heterocycles. The fraction of sp³-hybridized carbons (Fsp3) is 0.174. The second-order valence-corrected chi connectivity index (χ2v) is 7.35. The lowest BCUT2D eigenvalue weighted by Crippen LogP contribution is -2.47. The van der Waals surface area contributed by atoms with Gasteiger partial charge in [0.25, 0.3) is 0 Å². The molecule has 1 aliphatic rings. The van der Waals surface area contributed by atoms with Gasteiger partial charge in [0.15, 0.2) is 5.88 Å². The van der Waals surface area contributed by atoms with E-state index in [0.29, 0.717) is 36.0 Å². The smallest absolute Gasteiger partial charge is 0.225 e.